The second-order valence-electron chi connectivity index (χ2n) is 6.87. The van der Waals surface area contributed by atoms with Crippen LogP contribution in [0.1, 0.15) is 49.8 Å². The van der Waals surface area contributed by atoms with Gasteiger partial charge in [0.2, 0.25) is 0 Å². The van der Waals surface area contributed by atoms with E-state index in [0.29, 0.717) is 5.92 Å². The quantitative estimate of drug-likeness (QED) is 0.790. The highest BCUT2D eigenvalue weighted by atomic mass is 15.2. The van der Waals surface area contributed by atoms with Crippen molar-refractivity contribution < 1.29 is 0 Å². The molecule has 112 valence electrons. The molecule has 2 aromatic rings. The van der Waals surface area contributed by atoms with Crippen LogP contribution in [-0.2, 0) is 6.54 Å². The number of anilines is 1. The van der Waals surface area contributed by atoms with Gasteiger partial charge < -0.3 is 4.90 Å². The van der Waals surface area contributed by atoms with E-state index in [1.165, 1.54) is 16.8 Å². The number of nitrogens with zero attached hydrogens (tertiary/aromatic N) is 2. The van der Waals surface area contributed by atoms with Gasteiger partial charge in [0, 0.05) is 17.8 Å². The third-order valence-electron chi connectivity index (χ3n) is 4.70. The van der Waals surface area contributed by atoms with Crippen molar-refractivity contribution in [1.29, 1.82) is 5.26 Å². The molecule has 22 heavy (non-hydrogen) atoms. The van der Waals surface area contributed by atoms with Gasteiger partial charge in [0.1, 0.15) is 0 Å². The van der Waals surface area contributed by atoms with Crippen LogP contribution in [-0.4, -0.2) is 5.54 Å². The maximum absolute atomic E-state index is 9.17. The summed E-state index contributed by atoms with van der Waals surface area (Å²) in [6, 6.07) is 19.0. The summed E-state index contributed by atoms with van der Waals surface area (Å²) < 4.78 is 0. The first-order valence-corrected chi connectivity index (χ1v) is 7.87. The molecule has 2 nitrogen and oxygen atoms in total. The van der Waals surface area contributed by atoms with Crippen LogP contribution in [0.25, 0.3) is 0 Å². The fraction of sp³-hybridized carbons (Fsp3) is 0.350. The van der Waals surface area contributed by atoms with E-state index in [1.54, 1.807) is 0 Å². The molecule has 1 aliphatic heterocycles. The summed E-state index contributed by atoms with van der Waals surface area (Å²) in [5, 5.41) is 9.17. The Morgan fingerprint density at radius 1 is 1.18 bits per heavy atom. The molecule has 0 saturated carbocycles. The number of benzene rings is 2. The second kappa shape index (κ2) is 5.50. The molecule has 2 aromatic carbocycles. The summed E-state index contributed by atoms with van der Waals surface area (Å²) in [6.07, 6.45) is 1.10. The number of fused-ring (bicyclic) bond motifs is 1. The first-order valence-electron chi connectivity index (χ1n) is 7.87. The summed E-state index contributed by atoms with van der Waals surface area (Å²) in [6.45, 7) is 7.79. The van der Waals surface area contributed by atoms with Gasteiger partial charge in [0.15, 0.2) is 0 Å². The molecular formula is C20H22N2. The lowest BCUT2D eigenvalue weighted by molar-refractivity contribution is 0.374. The van der Waals surface area contributed by atoms with Gasteiger partial charge in [-0.05, 0) is 55.5 Å². The molecule has 0 radical (unpaired) electrons. The molecule has 1 heterocycles. The second-order valence-corrected chi connectivity index (χ2v) is 6.87. The standard InChI is InChI=1S/C20H22N2/c1-15-12-20(2,3)22(14-16-7-5-4-6-8-16)19-10-9-17(13-21)11-18(15)19/h4-11,15H,12,14H2,1-3H3/t15-/m1/s1. The van der Waals surface area contributed by atoms with E-state index < -0.39 is 0 Å². The van der Waals surface area contributed by atoms with Crippen molar-refractivity contribution in [1.82, 2.24) is 0 Å². The van der Waals surface area contributed by atoms with Crippen LogP contribution in [0.3, 0.4) is 0 Å². The monoisotopic (exact) mass is 290 g/mol. The van der Waals surface area contributed by atoms with Crippen LogP contribution in [0.5, 0.6) is 0 Å². The van der Waals surface area contributed by atoms with Crippen molar-refractivity contribution in [3.8, 4) is 6.07 Å². The van der Waals surface area contributed by atoms with Crippen LogP contribution in [0.2, 0.25) is 0 Å². The fourth-order valence-corrected chi connectivity index (χ4v) is 3.63. The van der Waals surface area contributed by atoms with Crippen molar-refractivity contribution in [2.75, 3.05) is 4.90 Å². The van der Waals surface area contributed by atoms with E-state index in [9.17, 15) is 0 Å². The minimum Gasteiger partial charge on any atom is -0.362 e. The largest absolute Gasteiger partial charge is 0.362 e. The van der Waals surface area contributed by atoms with Crippen LogP contribution >= 0.6 is 0 Å². The summed E-state index contributed by atoms with van der Waals surface area (Å²) >= 11 is 0. The molecule has 3 rings (SSSR count). The van der Waals surface area contributed by atoms with E-state index in [0.717, 1.165) is 18.5 Å². The Morgan fingerprint density at radius 2 is 1.91 bits per heavy atom. The molecule has 0 aliphatic carbocycles. The maximum atomic E-state index is 9.17. The van der Waals surface area contributed by atoms with Gasteiger partial charge >= 0.3 is 0 Å². The first-order chi connectivity index (χ1) is 10.5. The molecule has 0 fully saturated rings. The molecule has 0 N–H and O–H groups in total. The Kier molecular flexibility index (Phi) is 3.66. The third kappa shape index (κ3) is 2.60. The van der Waals surface area contributed by atoms with Crippen molar-refractivity contribution in [2.45, 2.75) is 45.2 Å². The van der Waals surface area contributed by atoms with E-state index in [2.05, 4.69) is 74.2 Å². The molecule has 0 unspecified atom stereocenters. The Morgan fingerprint density at radius 3 is 2.59 bits per heavy atom. The Bertz CT molecular complexity index is 710. The van der Waals surface area contributed by atoms with Gasteiger partial charge in [-0.1, -0.05) is 37.3 Å². The fourth-order valence-electron chi connectivity index (χ4n) is 3.63. The van der Waals surface area contributed by atoms with E-state index in [4.69, 9.17) is 5.26 Å². The summed E-state index contributed by atoms with van der Waals surface area (Å²) in [5.41, 5.74) is 4.75. The zero-order chi connectivity index (χ0) is 15.7. The molecule has 0 spiro atoms. The molecule has 2 heteroatoms. The summed E-state index contributed by atoms with van der Waals surface area (Å²) in [5.74, 6) is 0.477. The van der Waals surface area contributed by atoms with Crippen molar-refractivity contribution in [3.63, 3.8) is 0 Å². The molecule has 1 aliphatic rings. The van der Waals surface area contributed by atoms with Gasteiger partial charge in [-0.3, -0.25) is 0 Å². The highest BCUT2D eigenvalue weighted by Gasteiger charge is 2.36. The zero-order valence-corrected chi connectivity index (χ0v) is 13.5. The van der Waals surface area contributed by atoms with Crippen LogP contribution < -0.4 is 4.90 Å². The lowest BCUT2D eigenvalue weighted by atomic mass is 9.79. The number of hydrogen-bond acceptors (Lipinski definition) is 2. The minimum absolute atomic E-state index is 0.108. The predicted molar refractivity (Wildman–Crippen MR) is 90.9 cm³/mol. The summed E-state index contributed by atoms with van der Waals surface area (Å²) in [4.78, 5) is 2.48. The van der Waals surface area contributed by atoms with Gasteiger partial charge in [-0.25, -0.2) is 0 Å². The Hall–Kier alpha value is -2.27. The minimum atomic E-state index is 0.108. The average molecular weight is 290 g/mol. The Balaban J connectivity index is 2.05. The smallest absolute Gasteiger partial charge is 0.0991 e. The SMILES string of the molecule is C[C@@H]1CC(C)(C)N(Cc2ccccc2)c2ccc(C#N)cc21. The van der Waals surface area contributed by atoms with Crippen molar-refractivity contribution in [2.24, 2.45) is 0 Å². The molecule has 0 amide bonds. The lowest BCUT2D eigenvalue weighted by Gasteiger charge is -2.47. The molecule has 0 bridgehead atoms. The average Bonchev–Trinajstić information content (AvgIpc) is 2.51. The predicted octanol–water partition coefficient (Wildman–Crippen LogP) is 4.85. The highest BCUT2D eigenvalue weighted by molar-refractivity contribution is 5.62. The van der Waals surface area contributed by atoms with Gasteiger partial charge in [0.05, 0.1) is 11.6 Å². The summed E-state index contributed by atoms with van der Waals surface area (Å²) in [7, 11) is 0. The van der Waals surface area contributed by atoms with E-state index in [1.807, 2.05) is 6.07 Å². The topological polar surface area (TPSA) is 27.0 Å². The Labute approximate surface area is 133 Å². The lowest BCUT2D eigenvalue weighted by Crippen LogP contribution is -2.47. The van der Waals surface area contributed by atoms with Gasteiger partial charge in [-0.2, -0.15) is 5.26 Å². The van der Waals surface area contributed by atoms with Crippen LogP contribution in [0, 0.1) is 11.3 Å². The normalized spacial score (nSPS) is 19.4. The van der Waals surface area contributed by atoms with Crippen LogP contribution in [0.4, 0.5) is 5.69 Å². The maximum Gasteiger partial charge on any atom is 0.0991 e. The first kappa shape index (κ1) is 14.7. The number of hydrogen-bond donors (Lipinski definition) is 0. The molecule has 0 aromatic heterocycles. The van der Waals surface area contributed by atoms with E-state index in [-0.39, 0.29) is 5.54 Å². The van der Waals surface area contributed by atoms with Crippen molar-refractivity contribution >= 4 is 5.69 Å². The number of nitriles is 1. The number of rotatable bonds is 2. The highest BCUT2D eigenvalue weighted by Crippen LogP contribution is 2.44. The molecular weight excluding hydrogens is 268 g/mol. The van der Waals surface area contributed by atoms with Crippen molar-refractivity contribution in [3.05, 3.63) is 65.2 Å². The molecule has 1 atom stereocenters. The van der Waals surface area contributed by atoms with E-state index >= 15 is 0 Å². The zero-order valence-electron chi connectivity index (χ0n) is 13.5. The van der Waals surface area contributed by atoms with Gasteiger partial charge in [0.25, 0.3) is 0 Å². The van der Waals surface area contributed by atoms with Crippen LogP contribution in [0.15, 0.2) is 48.5 Å². The third-order valence-corrected chi connectivity index (χ3v) is 4.70. The molecule has 0 saturated heterocycles. The van der Waals surface area contributed by atoms with Gasteiger partial charge in [-0.15, -0.1) is 0 Å².